The molecule has 1 aromatic carbocycles. The molecule has 1 rings (SSSR count). The van der Waals surface area contributed by atoms with Gasteiger partial charge in [-0.15, -0.1) is 13.2 Å². The highest BCUT2D eigenvalue weighted by atomic mass is 32.2. The van der Waals surface area contributed by atoms with Crippen LogP contribution in [0.2, 0.25) is 0 Å². The third-order valence-corrected chi connectivity index (χ3v) is 2.58. The van der Waals surface area contributed by atoms with Crippen LogP contribution >= 0.6 is 11.8 Å². The molecule has 0 aliphatic carbocycles. The molecule has 0 saturated heterocycles. The molecule has 0 spiro atoms. The van der Waals surface area contributed by atoms with Crippen LogP contribution in [0.5, 0.6) is 5.75 Å². The van der Waals surface area contributed by atoms with Gasteiger partial charge in [-0.3, -0.25) is 0 Å². The summed E-state index contributed by atoms with van der Waals surface area (Å²) in [5.74, 6) is 0.314. The second kappa shape index (κ2) is 5.45. The molecule has 0 aliphatic heterocycles. The summed E-state index contributed by atoms with van der Waals surface area (Å²) in [4.78, 5) is 0. The van der Waals surface area contributed by atoms with E-state index in [9.17, 15) is 13.2 Å². The summed E-state index contributed by atoms with van der Waals surface area (Å²) in [6.07, 6.45) is -2.84. The Morgan fingerprint density at radius 2 is 2.00 bits per heavy atom. The number of rotatable bonds is 4. The Balaban J connectivity index is 2.91. The van der Waals surface area contributed by atoms with Gasteiger partial charge in [-0.05, 0) is 12.3 Å². The Hall–Kier alpha value is -0.880. The lowest BCUT2D eigenvalue weighted by molar-refractivity contribution is -0.274. The van der Waals surface area contributed by atoms with Gasteiger partial charge in [0.05, 0.1) is 0 Å². The van der Waals surface area contributed by atoms with Crippen molar-refractivity contribution in [3.63, 3.8) is 0 Å². The van der Waals surface area contributed by atoms with Gasteiger partial charge in [0.1, 0.15) is 5.75 Å². The average Bonchev–Trinajstić information content (AvgIpc) is 2.16. The number of para-hydroxylation sites is 1. The zero-order valence-corrected chi connectivity index (χ0v) is 9.44. The van der Waals surface area contributed by atoms with Crippen molar-refractivity contribution in [1.29, 1.82) is 0 Å². The smallest absolute Gasteiger partial charge is 0.405 e. The van der Waals surface area contributed by atoms with Gasteiger partial charge in [0.25, 0.3) is 0 Å². The lowest BCUT2D eigenvalue weighted by Gasteiger charge is -2.17. The SMILES string of the molecule is CSCC(N)c1ccccc1OC(F)(F)F. The van der Waals surface area contributed by atoms with Gasteiger partial charge in [-0.2, -0.15) is 11.8 Å². The van der Waals surface area contributed by atoms with Crippen LogP contribution < -0.4 is 10.5 Å². The van der Waals surface area contributed by atoms with E-state index < -0.39 is 12.4 Å². The molecular formula is C10H12F3NOS. The fourth-order valence-corrected chi connectivity index (χ4v) is 1.81. The van der Waals surface area contributed by atoms with Crippen LogP contribution in [0.25, 0.3) is 0 Å². The molecule has 0 aliphatic rings. The van der Waals surface area contributed by atoms with Crippen molar-refractivity contribution >= 4 is 11.8 Å². The minimum Gasteiger partial charge on any atom is -0.405 e. The summed E-state index contributed by atoms with van der Waals surface area (Å²) in [6.45, 7) is 0. The first-order valence-corrected chi connectivity index (χ1v) is 5.92. The quantitative estimate of drug-likeness (QED) is 0.893. The van der Waals surface area contributed by atoms with E-state index in [1.165, 1.54) is 23.9 Å². The number of thioether (sulfide) groups is 1. The molecule has 0 radical (unpaired) electrons. The van der Waals surface area contributed by atoms with Crippen molar-refractivity contribution in [2.24, 2.45) is 5.73 Å². The van der Waals surface area contributed by atoms with Crippen molar-refractivity contribution in [2.75, 3.05) is 12.0 Å². The Bertz CT molecular complexity index is 343. The summed E-state index contributed by atoms with van der Waals surface area (Å²) in [5, 5.41) is 0. The van der Waals surface area contributed by atoms with Crippen LogP contribution in [0.3, 0.4) is 0 Å². The maximum absolute atomic E-state index is 12.1. The molecule has 16 heavy (non-hydrogen) atoms. The maximum atomic E-state index is 12.1. The molecule has 2 nitrogen and oxygen atoms in total. The predicted octanol–water partition coefficient (Wildman–Crippen LogP) is 2.95. The molecule has 0 fully saturated rings. The fourth-order valence-electron chi connectivity index (χ4n) is 1.27. The van der Waals surface area contributed by atoms with Crippen molar-refractivity contribution in [3.05, 3.63) is 29.8 Å². The molecule has 1 unspecified atom stereocenters. The molecule has 1 atom stereocenters. The zero-order valence-electron chi connectivity index (χ0n) is 8.62. The van der Waals surface area contributed by atoms with Gasteiger partial charge in [0.15, 0.2) is 0 Å². The minimum absolute atomic E-state index is 0.225. The summed E-state index contributed by atoms with van der Waals surface area (Å²) >= 11 is 1.47. The summed E-state index contributed by atoms with van der Waals surface area (Å²) in [5.41, 5.74) is 6.13. The number of benzene rings is 1. The fraction of sp³-hybridized carbons (Fsp3) is 0.400. The standard InChI is InChI=1S/C10H12F3NOS/c1-16-6-8(14)7-4-2-3-5-9(7)15-10(11,12)13/h2-5,8H,6,14H2,1H3. The van der Waals surface area contributed by atoms with Crippen LogP contribution in [0.4, 0.5) is 13.2 Å². The summed E-state index contributed by atoms with van der Waals surface area (Å²) in [6, 6.07) is 5.47. The van der Waals surface area contributed by atoms with Crippen LogP contribution in [-0.2, 0) is 0 Å². The lowest BCUT2D eigenvalue weighted by atomic mass is 10.1. The first-order valence-electron chi connectivity index (χ1n) is 4.53. The van der Waals surface area contributed by atoms with Gasteiger partial charge < -0.3 is 10.5 Å². The summed E-state index contributed by atoms with van der Waals surface area (Å²) in [7, 11) is 0. The molecule has 0 saturated carbocycles. The lowest BCUT2D eigenvalue weighted by Crippen LogP contribution is -2.21. The molecule has 0 amide bonds. The highest BCUT2D eigenvalue weighted by molar-refractivity contribution is 7.98. The summed E-state index contributed by atoms with van der Waals surface area (Å²) < 4.78 is 40.2. The van der Waals surface area contributed by atoms with Crippen LogP contribution in [0.15, 0.2) is 24.3 Å². The van der Waals surface area contributed by atoms with Crippen molar-refractivity contribution in [1.82, 2.24) is 0 Å². The van der Waals surface area contributed by atoms with E-state index in [1.54, 1.807) is 12.1 Å². The first kappa shape index (κ1) is 13.2. The molecule has 0 heterocycles. The molecular weight excluding hydrogens is 239 g/mol. The first-order chi connectivity index (χ1) is 7.44. The Labute approximate surface area is 96.0 Å². The second-order valence-electron chi connectivity index (χ2n) is 3.15. The highest BCUT2D eigenvalue weighted by Crippen LogP contribution is 2.30. The van der Waals surface area contributed by atoms with Crippen molar-refractivity contribution < 1.29 is 17.9 Å². The largest absolute Gasteiger partial charge is 0.573 e. The molecule has 1 aromatic rings. The zero-order chi connectivity index (χ0) is 12.2. The van der Waals surface area contributed by atoms with Crippen LogP contribution in [0, 0.1) is 0 Å². The van der Waals surface area contributed by atoms with Gasteiger partial charge in [0, 0.05) is 17.4 Å². The number of ether oxygens (including phenoxy) is 1. The number of alkyl halides is 3. The van der Waals surface area contributed by atoms with Crippen LogP contribution in [-0.4, -0.2) is 18.4 Å². The van der Waals surface area contributed by atoms with E-state index in [1.807, 2.05) is 6.26 Å². The van der Waals surface area contributed by atoms with E-state index in [0.29, 0.717) is 11.3 Å². The van der Waals surface area contributed by atoms with Gasteiger partial charge >= 0.3 is 6.36 Å². The van der Waals surface area contributed by atoms with E-state index >= 15 is 0 Å². The molecule has 0 bridgehead atoms. The molecule has 2 N–H and O–H groups in total. The average molecular weight is 251 g/mol. The normalized spacial score (nSPS) is 13.6. The van der Waals surface area contributed by atoms with Gasteiger partial charge in [0.2, 0.25) is 0 Å². The maximum Gasteiger partial charge on any atom is 0.573 e. The molecule has 0 aromatic heterocycles. The third-order valence-electron chi connectivity index (χ3n) is 1.89. The van der Waals surface area contributed by atoms with E-state index in [-0.39, 0.29) is 5.75 Å². The number of halogens is 3. The van der Waals surface area contributed by atoms with Gasteiger partial charge in [-0.1, -0.05) is 18.2 Å². The number of hydrogen-bond donors (Lipinski definition) is 1. The number of hydrogen-bond acceptors (Lipinski definition) is 3. The van der Waals surface area contributed by atoms with E-state index in [0.717, 1.165) is 0 Å². The Kier molecular flexibility index (Phi) is 4.49. The molecule has 90 valence electrons. The predicted molar refractivity (Wildman–Crippen MR) is 58.4 cm³/mol. The molecule has 6 heteroatoms. The minimum atomic E-state index is -4.69. The third kappa shape index (κ3) is 3.94. The van der Waals surface area contributed by atoms with Crippen molar-refractivity contribution in [2.45, 2.75) is 12.4 Å². The van der Waals surface area contributed by atoms with Crippen LogP contribution in [0.1, 0.15) is 11.6 Å². The highest BCUT2D eigenvalue weighted by Gasteiger charge is 2.32. The van der Waals surface area contributed by atoms with E-state index in [2.05, 4.69) is 4.74 Å². The number of nitrogens with two attached hydrogens (primary N) is 1. The Morgan fingerprint density at radius 3 is 2.56 bits per heavy atom. The topological polar surface area (TPSA) is 35.2 Å². The monoisotopic (exact) mass is 251 g/mol. The van der Waals surface area contributed by atoms with Crippen molar-refractivity contribution in [3.8, 4) is 5.75 Å². The Morgan fingerprint density at radius 1 is 1.38 bits per heavy atom. The second-order valence-corrected chi connectivity index (χ2v) is 4.06. The van der Waals surface area contributed by atoms with Gasteiger partial charge in [-0.25, -0.2) is 0 Å². The van der Waals surface area contributed by atoms with E-state index in [4.69, 9.17) is 5.73 Å².